The summed E-state index contributed by atoms with van der Waals surface area (Å²) < 4.78 is 1.97. The molecule has 6 heteroatoms. The Bertz CT molecular complexity index is 700. The predicted molar refractivity (Wildman–Crippen MR) is 70.7 cm³/mol. The molecule has 0 bridgehead atoms. The Morgan fingerprint density at radius 3 is 3.05 bits per heavy atom. The van der Waals surface area contributed by atoms with Crippen molar-refractivity contribution >= 4 is 28.5 Å². The fourth-order valence-corrected chi connectivity index (χ4v) is 2.72. The molecule has 0 aliphatic carbocycles. The Balaban J connectivity index is 2.22. The van der Waals surface area contributed by atoms with E-state index >= 15 is 0 Å². The van der Waals surface area contributed by atoms with Crippen molar-refractivity contribution in [3.8, 4) is 6.07 Å². The zero-order valence-corrected chi connectivity index (χ0v) is 10.8. The van der Waals surface area contributed by atoms with Gasteiger partial charge in [-0.25, -0.2) is 4.98 Å². The van der Waals surface area contributed by atoms with Crippen LogP contribution >= 0.6 is 11.6 Å². The number of rotatable bonds is 2. The molecule has 1 aromatic heterocycles. The van der Waals surface area contributed by atoms with Crippen LogP contribution in [0.25, 0.3) is 11.0 Å². The summed E-state index contributed by atoms with van der Waals surface area (Å²) in [5, 5.41) is 11.9. The molecule has 1 aliphatic heterocycles. The van der Waals surface area contributed by atoms with Crippen molar-refractivity contribution in [3.05, 3.63) is 29.6 Å². The average Bonchev–Trinajstić information content (AvgIpc) is 3.00. The van der Waals surface area contributed by atoms with Gasteiger partial charge in [0, 0.05) is 13.0 Å². The number of amides is 1. The monoisotopic (exact) mass is 274 g/mol. The van der Waals surface area contributed by atoms with E-state index in [-0.39, 0.29) is 17.8 Å². The number of nitrogens with one attached hydrogen (secondary N) is 1. The van der Waals surface area contributed by atoms with Gasteiger partial charge in [0.15, 0.2) is 0 Å². The largest absolute Gasteiger partial charge is 0.354 e. The molecule has 0 radical (unpaired) electrons. The summed E-state index contributed by atoms with van der Waals surface area (Å²) in [5.41, 5.74) is 2.04. The van der Waals surface area contributed by atoms with Crippen LogP contribution in [0.4, 0.5) is 0 Å². The standard InChI is InChI=1S/C13H11ClN4O/c14-5-11-17-13-8(6-15)2-1-3-10(13)18(11)9-4-12(19)16-7-9/h1-3,9H,4-5,7H2,(H,16,19). The molecule has 1 unspecified atom stereocenters. The number of halogens is 1. The summed E-state index contributed by atoms with van der Waals surface area (Å²) in [4.78, 5) is 15.8. The number of nitrogens with zero attached hydrogens (tertiary/aromatic N) is 3. The van der Waals surface area contributed by atoms with Crippen molar-refractivity contribution in [2.45, 2.75) is 18.3 Å². The van der Waals surface area contributed by atoms with Gasteiger partial charge in [-0.3, -0.25) is 4.79 Å². The maximum atomic E-state index is 11.4. The Kier molecular flexibility index (Phi) is 2.88. The highest BCUT2D eigenvalue weighted by molar-refractivity contribution is 6.16. The molecule has 1 atom stereocenters. The highest BCUT2D eigenvalue weighted by Crippen LogP contribution is 2.27. The zero-order chi connectivity index (χ0) is 13.4. The van der Waals surface area contributed by atoms with Crippen molar-refractivity contribution in [2.24, 2.45) is 0 Å². The molecule has 96 valence electrons. The van der Waals surface area contributed by atoms with Gasteiger partial charge in [-0.1, -0.05) is 6.07 Å². The molecule has 1 fully saturated rings. The lowest BCUT2D eigenvalue weighted by molar-refractivity contribution is -0.119. The summed E-state index contributed by atoms with van der Waals surface area (Å²) >= 11 is 5.94. The van der Waals surface area contributed by atoms with E-state index in [1.165, 1.54) is 0 Å². The van der Waals surface area contributed by atoms with Gasteiger partial charge >= 0.3 is 0 Å². The van der Waals surface area contributed by atoms with Gasteiger partial charge < -0.3 is 9.88 Å². The highest BCUT2D eigenvalue weighted by atomic mass is 35.5. The molecule has 19 heavy (non-hydrogen) atoms. The minimum Gasteiger partial charge on any atom is -0.354 e. The number of aromatic nitrogens is 2. The van der Waals surface area contributed by atoms with Crippen LogP contribution in [0.5, 0.6) is 0 Å². The number of nitriles is 1. The van der Waals surface area contributed by atoms with Crippen LogP contribution in [0, 0.1) is 11.3 Å². The first kappa shape index (κ1) is 12.0. The third-order valence-corrected chi connectivity index (χ3v) is 3.59. The lowest BCUT2D eigenvalue weighted by Gasteiger charge is -2.13. The van der Waals surface area contributed by atoms with E-state index in [1.54, 1.807) is 6.07 Å². The summed E-state index contributed by atoms with van der Waals surface area (Å²) in [6, 6.07) is 7.60. The molecule has 3 rings (SSSR count). The maximum absolute atomic E-state index is 11.4. The zero-order valence-electron chi connectivity index (χ0n) is 10.1. The normalized spacial score (nSPS) is 18.5. The smallest absolute Gasteiger partial charge is 0.222 e. The van der Waals surface area contributed by atoms with Crippen LogP contribution in [0.1, 0.15) is 23.9 Å². The maximum Gasteiger partial charge on any atom is 0.222 e. The van der Waals surface area contributed by atoms with Gasteiger partial charge in [0.2, 0.25) is 5.91 Å². The van der Waals surface area contributed by atoms with E-state index in [0.717, 1.165) is 5.52 Å². The van der Waals surface area contributed by atoms with E-state index in [0.29, 0.717) is 29.9 Å². The van der Waals surface area contributed by atoms with Crippen LogP contribution in [0.3, 0.4) is 0 Å². The van der Waals surface area contributed by atoms with E-state index in [1.807, 2.05) is 16.7 Å². The summed E-state index contributed by atoms with van der Waals surface area (Å²) in [6.45, 7) is 0.574. The van der Waals surface area contributed by atoms with E-state index < -0.39 is 0 Å². The van der Waals surface area contributed by atoms with E-state index in [9.17, 15) is 4.79 Å². The van der Waals surface area contributed by atoms with Crippen molar-refractivity contribution in [3.63, 3.8) is 0 Å². The fraction of sp³-hybridized carbons (Fsp3) is 0.308. The topological polar surface area (TPSA) is 70.7 Å². The Labute approximate surface area is 114 Å². The van der Waals surface area contributed by atoms with Gasteiger partial charge in [-0.05, 0) is 12.1 Å². The van der Waals surface area contributed by atoms with Gasteiger partial charge in [-0.2, -0.15) is 5.26 Å². The Morgan fingerprint density at radius 2 is 2.42 bits per heavy atom. The number of benzene rings is 1. The first-order chi connectivity index (χ1) is 9.24. The molecule has 1 aliphatic rings. The van der Waals surface area contributed by atoms with Crippen molar-refractivity contribution < 1.29 is 4.79 Å². The second-order valence-corrected chi connectivity index (χ2v) is 4.75. The number of hydrogen-bond acceptors (Lipinski definition) is 3. The summed E-state index contributed by atoms with van der Waals surface area (Å²) in [6.07, 6.45) is 0.423. The molecular formula is C13H11ClN4O. The van der Waals surface area contributed by atoms with Crippen LogP contribution in [-0.4, -0.2) is 22.0 Å². The van der Waals surface area contributed by atoms with Crippen LogP contribution in [0.2, 0.25) is 0 Å². The van der Waals surface area contributed by atoms with Crippen LogP contribution < -0.4 is 5.32 Å². The molecule has 2 aromatic rings. The fourth-order valence-electron chi connectivity index (χ4n) is 2.53. The second kappa shape index (κ2) is 4.56. The van der Waals surface area contributed by atoms with Crippen molar-refractivity contribution in [2.75, 3.05) is 6.54 Å². The van der Waals surface area contributed by atoms with Gasteiger partial charge in [0.1, 0.15) is 17.4 Å². The minimum atomic E-state index is 0.0141. The van der Waals surface area contributed by atoms with Crippen molar-refractivity contribution in [1.82, 2.24) is 14.9 Å². The average molecular weight is 275 g/mol. The number of imidazole rings is 1. The highest BCUT2D eigenvalue weighted by Gasteiger charge is 2.27. The molecule has 0 saturated carbocycles. The lowest BCUT2D eigenvalue weighted by atomic mass is 10.2. The third-order valence-electron chi connectivity index (χ3n) is 3.35. The number of alkyl halides is 1. The second-order valence-electron chi connectivity index (χ2n) is 4.48. The number of carbonyl (C=O) groups excluding carboxylic acids is 1. The first-order valence-electron chi connectivity index (χ1n) is 5.97. The van der Waals surface area contributed by atoms with E-state index in [4.69, 9.17) is 16.9 Å². The van der Waals surface area contributed by atoms with Crippen LogP contribution in [0.15, 0.2) is 18.2 Å². The van der Waals surface area contributed by atoms with Gasteiger partial charge in [0.25, 0.3) is 0 Å². The summed E-state index contributed by atoms with van der Waals surface area (Å²) in [5.74, 6) is 0.981. The molecule has 2 heterocycles. The molecule has 1 amide bonds. The predicted octanol–water partition coefficient (Wildman–Crippen LogP) is 1.71. The van der Waals surface area contributed by atoms with E-state index in [2.05, 4.69) is 16.4 Å². The molecule has 1 saturated heterocycles. The Morgan fingerprint density at radius 1 is 1.58 bits per heavy atom. The molecule has 1 aromatic carbocycles. The minimum absolute atomic E-state index is 0.0141. The number of hydrogen-bond donors (Lipinski definition) is 1. The van der Waals surface area contributed by atoms with Crippen LogP contribution in [-0.2, 0) is 10.7 Å². The van der Waals surface area contributed by atoms with Gasteiger partial charge in [0.05, 0.1) is 23.0 Å². The third kappa shape index (κ3) is 1.85. The quantitative estimate of drug-likeness (QED) is 0.848. The van der Waals surface area contributed by atoms with Gasteiger partial charge in [-0.15, -0.1) is 11.6 Å². The SMILES string of the molecule is N#Cc1cccc2c1nc(CCl)n2C1CNC(=O)C1. The molecular weight excluding hydrogens is 264 g/mol. The molecule has 5 nitrogen and oxygen atoms in total. The lowest BCUT2D eigenvalue weighted by Crippen LogP contribution is -2.16. The number of para-hydroxylation sites is 1. The van der Waals surface area contributed by atoms with Crippen molar-refractivity contribution in [1.29, 1.82) is 5.26 Å². The number of fused-ring (bicyclic) bond motifs is 1. The molecule has 1 N–H and O–H groups in total. The first-order valence-corrected chi connectivity index (χ1v) is 6.50. The Hall–Kier alpha value is -2.06. The summed E-state index contributed by atoms with van der Waals surface area (Å²) in [7, 11) is 0. The molecule has 0 spiro atoms. The number of carbonyl (C=O) groups is 1.